The number of halogens is 4. The van der Waals surface area contributed by atoms with Crippen LogP contribution in [0.25, 0.3) is 0 Å². The lowest BCUT2D eigenvalue weighted by atomic mass is 10.0. The standard InChI is InChI=1S/C14H8BrClFIO/c15-14-9(2-1-3-11(14)17)7-13(19)8-4-5-12(18)10(16)6-8/h1-6H,7H2. The van der Waals surface area contributed by atoms with Crippen molar-refractivity contribution in [1.29, 1.82) is 0 Å². The number of ketones is 1. The van der Waals surface area contributed by atoms with E-state index < -0.39 is 0 Å². The van der Waals surface area contributed by atoms with Crippen molar-refractivity contribution in [3.8, 4) is 0 Å². The van der Waals surface area contributed by atoms with Gasteiger partial charge in [0, 0.05) is 15.6 Å². The third kappa shape index (κ3) is 3.55. The molecule has 2 aromatic carbocycles. The van der Waals surface area contributed by atoms with E-state index in [9.17, 15) is 9.18 Å². The summed E-state index contributed by atoms with van der Waals surface area (Å²) in [6, 6.07) is 9.81. The Kier molecular flexibility index (Phi) is 4.97. The van der Waals surface area contributed by atoms with Gasteiger partial charge in [-0.3, -0.25) is 4.79 Å². The van der Waals surface area contributed by atoms with Gasteiger partial charge in [0.15, 0.2) is 5.78 Å². The zero-order valence-corrected chi connectivity index (χ0v) is 14.1. The van der Waals surface area contributed by atoms with Crippen molar-refractivity contribution in [2.75, 3.05) is 0 Å². The Morgan fingerprint density at radius 3 is 2.74 bits per heavy atom. The average molecular weight is 453 g/mol. The number of rotatable bonds is 3. The monoisotopic (exact) mass is 452 g/mol. The highest BCUT2D eigenvalue weighted by Gasteiger charge is 2.12. The lowest BCUT2D eigenvalue weighted by Crippen LogP contribution is -2.05. The molecule has 5 heteroatoms. The molecular weight excluding hydrogens is 445 g/mol. The van der Waals surface area contributed by atoms with E-state index in [2.05, 4.69) is 38.5 Å². The van der Waals surface area contributed by atoms with Gasteiger partial charge in [0.1, 0.15) is 5.82 Å². The first-order chi connectivity index (χ1) is 8.99. The molecule has 0 fully saturated rings. The van der Waals surface area contributed by atoms with E-state index in [0.29, 0.717) is 20.6 Å². The summed E-state index contributed by atoms with van der Waals surface area (Å²) in [5.41, 5.74) is 1.15. The maximum Gasteiger partial charge on any atom is 0.167 e. The molecule has 0 amide bonds. The Morgan fingerprint density at radius 1 is 1.32 bits per heavy atom. The molecule has 1 nitrogen and oxygen atoms in total. The molecule has 2 aromatic rings. The molecule has 0 heterocycles. The van der Waals surface area contributed by atoms with Crippen LogP contribution in [0.2, 0.25) is 5.02 Å². The van der Waals surface area contributed by atoms with Crippen LogP contribution >= 0.6 is 50.1 Å². The van der Waals surface area contributed by atoms with Crippen LogP contribution in [0, 0.1) is 9.39 Å². The van der Waals surface area contributed by atoms with E-state index in [1.54, 1.807) is 30.3 Å². The fraction of sp³-hybridized carbons (Fsp3) is 0.0714. The van der Waals surface area contributed by atoms with Crippen LogP contribution in [-0.2, 0) is 6.42 Å². The van der Waals surface area contributed by atoms with E-state index >= 15 is 0 Å². The van der Waals surface area contributed by atoms with Crippen molar-refractivity contribution in [3.05, 3.63) is 66.4 Å². The minimum absolute atomic E-state index is 0.0930. The number of hydrogen-bond donors (Lipinski definition) is 0. The van der Waals surface area contributed by atoms with E-state index in [-0.39, 0.29) is 18.0 Å². The third-order valence-corrected chi connectivity index (χ3v) is 5.08. The zero-order chi connectivity index (χ0) is 14.0. The molecule has 98 valence electrons. The van der Waals surface area contributed by atoms with Crippen molar-refractivity contribution in [3.63, 3.8) is 0 Å². The predicted molar refractivity (Wildman–Crippen MR) is 86.3 cm³/mol. The van der Waals surface area contributed by atoms with E-state index in [1.807, 2.05) is 0 Å². The molecule has 0 saturated heterocycles. The summed E-state index contributed by atoms with van der Waals surface area (Å²) in [5, 5.41) is 0.546. The Bertz CT molecular complexity index is 645. The fourth-order valence-corrected chi connectivity index (χ4v) is 2.55. The van der Waals surface area contributed by atoms with Crippen LogP contribution < -0.4 is 0 Å². The summed E-state index contributed by atoms with van der Waals surface area (Å²) in [4.78, 5) is 12.1. The van der Waals surface area contributed by atoms with Gasteiger partial charge in [0.05, 0.1) is 9.50 Å². The summed E-state index contributed by atoms with van der Waals surface area (Å²) < 4.78 is 14.6. The average Bonchev–Trinajstić information content (AvgIpc) is 2.38. The molecule has 0 aliphatic rings. The number of benzene rings is 2. The minimum atomic E-state index is -0.369. The van der Waals surface area contributed by atoms with Crippen LogP contribution in [0.5, 0.6) is 0 Å². The Balaban J connectivity index is 2.26. The van der Waals surface area contributed by atoms with Gasteiger partial charge in [-0.1, -0.05) is 29.8 Å². The van der Waals surface area contributed by atoms with Gasteiger partial charge in [-0.2, -0.15) is 0 Å². The second-order valence-electron chi connectivity index (χ2n) is 3.94. The fourth-order valence-electron chi connectivity index (χ4n) is 1.63. The number of carbonyl (C=O) groups excluding carboxylic acids is 1. The number of Topliss-reactive ketones (excluding diaryl/α,β-unsaturated/α-hetero) is 1. The van der Waals surface area contributed by atoms with Crippen LogP contribution in [0.1, 0.15) is 15.9 Å². The first-order valence-corrected chi connectivity index (χ1v) is 7.65. The van der Waals surface area contributed by atoms with Gasteiger partial charge >= 0.3 is 0 Å². The van der Waals surface area contributed by atoms with Crippen LogP contribution in [0.15, 0.2) is 40.9 Å². The summed E-state index contributed by atoms with van der Waals surface area (Å²) in [6.45, 7) is 0. The minimum Gasteiger partial charge on any atom is -0.294 e. The van der Waals surface area contributed by atoms with Gasteiger partial charge in [-0.05, 0) is 62.3 Å². The molecule has 0 aliphatic heterocycles. The quantitative estimate of drug-likeness (QED) is 0.457. The SMILES string of the molecule is O=C(Cc1cccc(F)c1Br)c1ccc(I)c(Cl)c1. The molecule has 0 aromatic heterocycles. The molecule has 0 spiro atoms. The second kappa shape index (κ2) is 6.33. The highest BCUT2D eigenvalue weighted by atomic mass is 127. The first kappa shape index (κ1) is 14.9. The molecule has 0 atom stereocenters. The van der Waals surface area contributed by atoms with E-state index in [0.717, 1.165) is 3.57 Å². The third-order valence-electron chi connectivity index (χ3n) is 2.62. The number of hydrogen-bond acceptors (Lipinski definition) is 1. The molecule has 0 unspecified atom stereocenters. The number of carbonyl (C=O) groups is 1. The Labute approximate surface area is 137 Å². The van der Waals surface area contributed by atoms with Crippen LogP contribution in [-0.4, -0.2) is 5.78 Å². The topological polar surface area (TPSA) is 17.1 Å². The van der Waals surface area contributed by atoms with E-state index in [1.165, 1.54) is 6.07 Å². The predicted octanol–water partition coefficient (Wildman–Crippen LogP) is 5.27. The Morgan fingerprint density at radius 2 is 2.05 bits per heavy atom. The maximum atomic E-state index is 13.4. The van der Waals surface area contributed by atoms with Crippen molar-refractivity contribution < 1.29 is 9.18 Å². The van der Waals surface area contributed by atoms with Gasteiger partial charge in [0.25, 0.3) is 0 Å². The van der Waals surface area contributed by atoms with Gasteiger partial charge < -0.3 is 0 Å². The molecule has 0 saturated carbocycles. The van der Waals surface area contributed by atoms with Gasteiger partial charge in [-0.15, -0.1) is 0 Å². The summed E-state index contributed by atoms with van der Waals surface area (Å²) in [7, 11) is 0. The highest BCUT2D eigenvalue weighted by Crippen LogP contribution is 2.24. The lowest BCUT2D eigenvalue weighted by Gasteiger charge is -2.06. The summed E-state index contributed by atoms with van der Waals surface area (Å²) in [6.07, 6.45) is 0.134. The smallest absolute Gasteiger partial charge is 0.167 e. The highest BCUT2D eigenvalue weighted by molar-refractivity contribution is 14.1. The zero-order valence-electron chi connectivity index (χ0n) is 9.59. The molecular formula is C14H8BrClFIO. The van der Waals surface area contributed by atoms with Crippen LogP contribution in [0.3, 0.4) is 0 Å². The largest absolute Gasteiger partial charge is 0.294 e. The molecule has 0 aliphatic carbocycles. The Hall–Kier alpha value is -0.460. The molecule has 0 N–H and O–H groups in total. The van der Waals surface area contributed by atoms with Crippen molar-refractivity contribution >= 4 is 55.9 Å². The molecule has 19 heavy (non-hydrogen) atoms. The van der Waals surface area contributed by atoms with Crippen molar-refractivity contribution in [2.45, 2.75) is 6.42 Å². The van der Waals surface area contributed by atoms with Crippen molar-refractivity contribution in [1.82, 2.24) is 0 Å². The van der Waals surface area contributed by atoms with E-state index in [4.69, 9.17) is 11.6 Å². The maximum absolute atomic E-state index is 13.4. The van der Waals surface area contributed by atoms with Crippen molar-refractivity contribution in [2.24, 2.45) is 0 Å². The lowest BCUT2D eigenvalue weighted by molar-refractivity contribution is 0.0992. The van der Waals surface area contributed by atoms with Gasteiger partial charge in [0.2, 0.25) is 0 Å². The molecule has 2 rings (SSSR count). The van der Waals surface area contributed by atoms with Gasteiger partial charge in [-0.25, -0.2) is 4.39 Å². The second-order valence-corrected chi connectivity index (χ2v) is 6.30. The first-order valence-electron chi connectivity index (χ1n) is 5.40. The summed E-state index contributed by atoms with van der Waals surface area (Å²) >= 11 is 11.2. The van der Waals surface area contributed by atoms with Crippen LogP contribution in [0.4, 0.5) is 4.39 Å². The molecule has 0 bridgehead atoms. The summed E-state index contributed by atoms with van der Waals surface area (Å²) in [5.74, 6) is -0.462. The normalized spacial score (nSPS) is 10.5. The molecule has 0 radical (unpaired) electrons.